The monoisotopic (exact) mass is 478 g/mol. The molecule has 2 unspecified atom stereocenters. The van der Waals surface area contributed by atoms with Crippen LogP contribution >= 0.6 is 0 Å². The van der Waals surface area contributed by atoms with E-state index in [9.17, 15) is 17.8 Å². The van der Waals surface area contributed by atoms with E-state index >= 15 is 0 Å². The minimum atomic E-state index is -1.61. The molecule has 0 saturated heterocycles. The number of benzene rings is 2. The minimum Gasteiger partial charge on any atom is -0.461 e. The molecule has 0 saturated carbocycles. The van der Waals surface area contributed by atoms with Gasteiger partial charge in [0.25, 0.3) is 0 Å². The number of likely N-dealkylation sites (N-methyl/N-ethyl adjacent to an activating group) is 1. The van der Waals surface area contributed by atoms with Crippen molar-refractivity contribution in [1.29, 1.82) is 0 Å². The van der Waals surface area contributed by atoms with Gasteiger partial charge in [0, 0.05) is 37.5 Å². The van der Waals surface area contributed by atoms with E-state index in [-0.39, 0.29) is 18.4 Å². The Hall–Kier alpha value is -2.78. The van der Waals surface area contributed by atoms with E-state index in [0.29, 0.717) is 23.4 Å². The van der Waals surface area contributed by atoms with Crippen molar-refractivity contribution in [2.24, 2.45) is 0 Å². The quantitative estimate of drug-likeness (QED) is 0.295. The Balaban J connectivity index is 2.04. The van der Waals surface area contributed by atoms with Crippen LogP contribution < -0.4 is 9.64 Å². The highest BCUT2D eigenvalue weighted by Crippen LogP contribution is 2.39. The molecule has 0 radical (unpaired) electrons. The highest BCUT2D eigenvalue weighted by Gasteiger charge is 2.32. The maximum atomic E-state index is 15.0. The third-order valence-electron chi connectivity index (χ3n) is 5.38. The summed E-state index contributed by atoms with van der Waals surface area (Å²) in [5, 5.41) is 0. The molecule has 6 nitrogen and oxygen atoms in total. The number of ether oxygens (including phenoxy) is 2. The summed E-state index contributed by atoms with van der Waals surface area (Å²) >= 11 is 0. The van der Waals surface area contributed by atoms with Crippen LogP contribution in [0.15, 0.2) is 59.4 Å². The average Bonchev–Trinajstić information content (AvgIpc) is 2.91. The van der Waals surface area contributed by atoms with Gasteiger partial charge in [-0.3, -0.25) is 0 Å². The fourth-order valence-electron chi connectivity index (χ4n) is 3.61. The first-order valence-electron chi connectivity index (χ1n) is 10.9. The summed E-state index contributed by atoms with van der Waals surface area (Å²) in [5.41, 5.74) is 1.29. The Bertz CT molecular complexity index is 1030. The van der Waals surface area contributed by atoms with Gasteiger partial charge >= 0.3 is 5.97 Å². The van der Waals surface area contributed by atoms with E-state index in [1.54, 1.807) is 11.4 Å². The van der Waals surface area contributed by atoms with Crippen molar-refractivity contribution in [3.8, 4) is 5.75 Å². The second kappa shape index (κ2) is 11.4. The van der Waals surface area contributed by atoms with Crippen molar-refractivity contribution in [1.82, 2.24) is 4.31 Å². The van der Waals surface area contributed by atoms with Gasteiger partial charge in [-0.15, -0.1) is 0 Å². The molecule has 1 heterocycles. The number of carbonyl (C=O) groups excluding carboxylic acids is 1. The highest BCUT2D eigenvalue weighted by atomic mass is 32.2. The molecule has 9 heteroatoms. The SMILES string of the molecule is CCCCC1CN(c2ccccc2)c2cc(F)c(O/C=C(\F)C(=O)OCC)cc2S(=O)N1C. The van der Waals surface area contributed by atoms with Gasteiger partial charge in [-0.2, -0.15) is 4.39 Å². The van der Waals surface area contributed by atoms with Crippen molar-refractivity contribution in [2.45, 2.75) is 44.0 Å². The van der Waals surface area contributed by atoms with Gasteiger partial charge < -0.3 is 14.4 Å². The first-order valence-corrected chi connectivity index (χ1v) is 12.0. The number of anilines is 2. The van der Waals surface area contributed by atoms with Gasteiger partial charge in [0.2, 0.25) is 5.83 Å². The third kappa shape index (κ3) is 5.78. The number of fused-ring (bicyclic) bond motifs is 1. The molecule has 0 fully saturated rings. The molecule has 33 heavy (non-hydrogen) atoms. The fraction of sp³-hybridized carbons (Fsp3) is 0.375. The smallest absolute Gasteiger partial charge is 0.370 e. The molecule has 0 aromatic heterocycles. The lowest BCUT2D eigenvalue weighted by Gasteiger charge is -2.29. The van der Waals surface area contributed by atoms with E-state index in [4.69, 9.17) is 4.74 Å². The number of halogens is 2. The van der Waals surface area contributed by atoms with Crippen LogP contribution in [0.4, 0.5) is 20.2 Å². The van der Waals surface area contributed by atoms with Crippen LogP contribution in [-0.2, 0) is 20.5 Å². The number of hydrogen-bond acceptors (Lipinski definition) is 5. The zero-order valence-electron chi connectivity index (χ0n) is 18.9. The molecule has 0 aliphatic carbocycles. The Morgan fingerprint density at radius 1 is 1.24 bits per heavy atom. The molecule has 0 amide bonds. The molecule has 178 valence electrons. The lowest BCUT2D eigenvalue weighted by atomic mass is 10.1. The number of carbonyl (C=O) groups is 1. The van der Waals surface area contributed by atoms with Gasteiger partial charge in [0.05, 0.1) is 17.2 Å². The molecule has 2 atom stereocenters. The van der Waals surface area contributed by atoms with E-state index in [2.05, 4.69) is 11.7 Å². The lowest BCUT2D eigenvalue weighted by Crippen LogP contribution is -2.38. The molecule has 0 bridgehead atoms. The molecular weight excluding hydrogens is 450 g/mol. The maximum absolute atomic E-state index is 15.0. The topological polar surface area (TPSA) is 59.1 Å². The second-order valence-corrected chi connectivity index (χ2v) is 9.11. The zero-order chi connectivity index (χ0) is 24.0. The normalized spacial score (nSPS) is 19.1. The predicted octanol–water partition coefficient (Wildman–Crippen LogP) is 5.24. The van der Waals surface area contributed by atoms with E-state index in [0.717, 1.165) is 24.9 Å². The fourth-order valence-corrected chi connectivity index (χ4v) is 4.92. The summed E-state index contributed by atoms with van der Waals surface area (Å²) in [6.07, 6.45) is 3.28. The highest BCUT2D eigenvalue weighted by molar-refractivity contribution is 7.82. The van der Waals surface area contributed by atoms with E-state index in [1.807, 2.05) is 35.2 Å². The number of hydrogen-bond donors (Lipinski definition) is 0. The second-order valence-electron chi connectivity index (χ2n) is 7.59. The van der Waals surface area contributed by atoms with Crippen LogP contribution in [0.25, 0.3) is 0 Å². The lowest BCUT2D eigenvalue weighted by molar-refractivity contribution is -0.140. The van der Waals surface area contributed by atoms with Crippen molar-refractivity contribution >= 4 is 28.3 Å². The Morgan fingerprint density at radius 3 is 2.64 bits per heavy atom. The van der Waals surface area contributed by atoms with Crippen LogP contribution in [0, 0.1) is 5.82 Å². The summed E-state index contributed by atoms with van der Waals surface area (Å²) in [6.45, 7) is 4.15. The molecule has 2 aromatic carbocycles. The van der Waals surface area contributed by atoms with Crippen LogP contribution in [0.3, 0.4) is 0 Å². The van der Waals surface area contributed by atoms with Crippen molar-refractivity contribution < 1.29 is 27.3 Å². The van der Waals surface area contributed by atoms with Gasteiger partial charge in [0.1, 0.15) is 17.2 Å². The summed E-state index contributed by atoms with van der Waals surface area (Å²) in [4.78, 5) is 13.7. The molecular formula is C24H28F2N2O4S. The Labute approximate surface area is 195 Å². The van der Waals surface area contributed by atoms with Crippen LogP contribution in [0.2, 0.25) is 0 Å². The van der Waals surface area contributed by atoms with E-state index < -0.39 is 28.6 Å². The van der Waals surface area contributed by atoms with Gasteiger partial charge in [-0.05, 0) is 25.5 Å². The largest absolute Gasteiger partial charge is 0.461 e. The van der Waals surface area contributed by atoms with Crippen molar-refractivity contribution in [3.05, 3.63) is 60.4 Å². The first-order chi connectivity index (χ1) is 15.9. The molecule has 3 rings (SSSR count). The molecule has 0 spiro atoms. The van der Waals surface area contributed by atoms with Crippen molar-refractivity contribution in [3.63, 3.8) is 0 Å². The number of nitrogens with zero attached hydrogens (tertiary/aromatic N) is 2. The third-order valence-corrected chi connectivity index (χ3v) is 6.90. The summed E-state index contributed by atoms with van der Waals surface area (Å²) < 4.78 is 53.7. The summed E-state index contributed by atoms with van der Waals surface area (Å²) in [6, 6.07) is 12.0. The molecule has 1 aliphatic rings. The van der Waals surface area contributed by atoms with Crippen molar-refractivity contribution in [2.75, 3.05) is 25.1 Å². The zero-order valence-corrected chi connectivity index (χ0v) is 19.7. The average molecular weight is 479 g/mol. The van der Waals surface area contributed by atoms with Crippen LogP contribution in [0.5, 0.6) is 5.75 Å². The summed E-state index contributed by atoms with van der Waals surface area (Å²) in [7, 11) is 0.166. The van der Waals surface area contributed by atoms with Gasteiger partial charge in [0.15, 0.2) is 11.6 Å². The standard InChI is InChI=1S/C24H28F2N2O4S/c1-4-6-10-18-15-28(17-11-8-7-9-12-17)21-13-19(25)22(14-23(21)33(30)27(18)3)32-16-20(26)24(29)31-5-2/h7-9,11-14,16,18H,4-6,10,15H2,1-3H3/b20-16-. The molecule has 1 aliphatic heterocycles. The van der Waals surface area contributed by atoms with Gasteiger partial charge in [-0.25, -0.2) is 17.7 Å². The molecule has 2 aromatic rings. The number of rotatable bonds is 8. The molecule has 0 N–H and O–H groups in total. The van der Waals surface area contributed by atoms with Crippen LogP contribution in [-0.4, -0.2) is 40.7 Å². The Morgan fingerprint density at radius 2 is 1.97 bits per heavy atom. The van der Waals surface area contributed by atoms with Gasteiger partial charge in [-0.1, -0.05) is 38.0 Å². The maximum Gasteiger partial charge on any atom is 0.370 e. The first kappa shape index (κ1) is 24.9. The number of para-hydroxylation sites is 1. The number of unbranched alkanes of at least 4 members (excludes halogenated alkanes) is 1. The van der Waals surface area contributed by atoms with E-state index in [1.165, 1.54) is 19.1 Å². The van der Waals surface area contributed by atoms with Crippen LogP contribution in [0.1, 0.15) is 33.1 Å². The predicted molar refractivity (Wildman–Crippen MR) is 124 cm³/mol. The Kier molecular flexibility index (Phi) is 8.57. The minimum absolute atomic E-state index is 0.00681. The summed E-state index contributed by atoms with van der Waals surface area (Å²) in [5.74, 6) is -3.61. The number of esters is 1.